The molecular weight excluding hydrogens is 423 g/mol. The van der Waals surface area contributed by atoms with Crippen molar-refractivity contribution in [3.63, 3.8) is 0 Å². The van der Waals surface area contributed by atoms with Gasteiger partial charge in [-0.05, 0) is 26.1 Å². The van der Waals surface area contributed by atoms with E-state index in [0.29, 0.717) is 0 Å². The van der Waals surface area contributed by atoms with Crippen molar-refractivity contribution in [2.24, 2.45) is 0 Å². The molecule has 2 aromatic rings. The van der Waals surface area contributed by atoms with Gasteiger partial charge in [-0.25, -0.2) is 0 Å². The van der Waals surface area contributed by atoms with Crippen molar-refractivity contribution < 1.29 is 21.7 Å². The van der Waals surface area contributed by atoms with Crippen LogP contribution >= 0.6 is 24.8 Å². The number of rotatable bonds is 3. The Hall–Kier alpha value is -0.736. The topological polar surface area (TPSA) is 27.0 Å². The molecule has 0 aromatic heterocycles. The van der Waals surface area contributed by atoms with Gasteiger partial charge in [0.25, 0.3) is 0 Å². The van der Waals surface area contributed by atoms with Gasteiger partial charge in [-0.2, -0.15) is 12.5 Å². The smallest absolute Gasteiger partial charge is 0.673 e. The summed E-state index contributed by atoms with van der Waals surface area (Å²) in [6.45, 7) is 10.9. The summed E-state index contributed by atoms with van der Waals surface area (Å²) in [6.07, 6.45) is 5.52. The third kappa shape index (κ3) is 8.74. The van der Waals surface area contributed by atoms with E-state index < -0.39 is 0 Å². The SMILES string of the molecule is CC(C)(C)[NH-].Cl.Cl.[CH2-]c1c(C2=C(CN(C)C)C=CC2)ccc2ccccc12.[Ti+2]. The Kier molecular flexibility index (Phi) is 13.4. The van der Waals surface area contributed by atoms with E-state index in [4.69, 9.17) is 5.73 Å². The zero-order chi connectivity index (χ0) is 18.6. The van der Waals surface area contributed by atoms with Crippen molar-refractivity contribution in [3.05, 3.63) is 77.9 Å². The van der Waals surface area contributed by atoms with E-state index in [-0.39, 0.29) is 52.1 Å². The molecule has 0 saturated carbocycles. The van der Waals surface area contributed by atoms with Crippen molar-refractivity contribution >= 4 is 41.2 Å². The van der Waals surface area contributed by atoms with E-state index in [0.717, 1.165) is 18.5 Å². The Labute approximate surface area is 198 Å². The third-order valence-corrected chi connectivity index (χ3v) is 3.88. The molecule has 0 amide bonds. The number of nitrogens with zero attached hydrogens (tertiary/aromatic N) is 1. The van der Waals surface area contributed by atoms with Crippen LogP contribution in [0, 0.1) is 6.92 Å². The summed E-state index contributed by atoms with van der Waals surface area (Å²) < 4.78 is 0. The second-order valence-corrected chi connectivity index (χ2v) is 7.91. The summed E-state index contributed by atoms with van der Waals surface area (Å²) >= 11 is 0. The number of fused-ring (bicyclic) bond motifs is 1. The van der Waals surface area contributed by atoms with Gasteiger partial charge >= 0.3 is 21.7 Å². The normalized spacial score (nSPS) is 12.7. The van der Waals surface area contributed by atoms with Gasteiger partial charge in [0.05, 0.1) is 0 Å². The maximum Gasteiger partial charge on any atom is 2.00 e. The van der Waals surface area contributed by atoms with E-state index in [2.05, 4.69) is 74.5 Å². The predicted octanol–water partition coefficient (Wildman–Crippen LogP) is 6.98. The fourth-order valence-corrected chi connectivity index (χ4v) is 2.94. The Morgan fingerprint density at radius 3 is 2.18 bits per heavy atom. The quantitative estimate of drug-likeness (QED) is 0.363. The first-order valence-corrected chi connectivity index (χ1v) is 8.79. The molecular formula is C23H32Cl2N2Ti. The summed E-state index contributed by atoms with van der Waals surface area (Å²) in [4.78, 5) is 2.22. The fourth-order valence-electron chi connectivity index (χ4n) is 2.94. The molecule has 2 nitrogen and oxygen atoms in total. The Balaban J connectivity index is 0. The van der Waals surface area contributed by atoms with Crippen molar-refractivity contribution in [2.75, 3.05) is 20.6 Å². The van der Waals surface area contributed by atoms with Crippen molar-refractivity contribution in [1.82, 2.24) is 4.90 Å². The minimum absolute atomic E-state index is 0. The Bertz CT molecular complexity index is 800. The molecule has 3 rings (SSSR count). The largest absolute Gasteiger partial charge is 2.00 e. The number of nitrogens with one attached hydrogen (secondary N) is 1. The number of likely N-dealkylation sites (N-methyl/N-ethyl adjacent to an activating group) is 1. The molecule has 1 aliphatic rings. The molecule has 5 heteroatoms. The van der Waals surface area contributed by atoms with E-state index in [1.807, 2.05) is 20.8 Å². The number of hydrogen-bond donors (Lipinski definition) is 0. The van der Waals surface area contributed by atoms with Gasteiger partial charge < -0.3 is 10.6 Å². The molecule has 0 fully saturated rings. The van der Waals surface area contributed by atoms with E-state index in [1.54, 1.807) is 0 Å². The van der Waals surface area contributed by atoms with Crippen LogP contribution in [0.5, 0.6) is 0 Å². The van der Waals surface area contributed by atoms with Crippen molar-refractivity contribution in [3.8, 4) is 0 Å². The van der Waals surface area contributed by atoms with Crippen LogP contribution in [-0.2, 0) is 21.7 Å². The van der Waals surface area contributed by atoms with Crippen LogP contribution in [0.3, 0.4) is 0 Å². The van der Waals surface area contributed by atoms with Crippen LogP contribution in [0.25, 0.3) is 22.1 Å². The predicted molar refractivity (Wildman–Crippen MR) is 126 cm³/mol. The monoisotopic (exact) mass is 454 g/mol. The van der Waals surface area contributed by atoms with E-state index >= 15 is 0 Å². The summed E-state index contributed by atoms with van der Waals surface area (Å²) in [7, 11) is 4.23. The first-order valence-electron chi connectivity index (χ1n) is 8.79. The standard InChI is InChI=1S/C19H20N.C4H10N.2ClH.Ti/c1-14-17-9-5-4-7-15(17)11-12-18(14)19-10-6-8-16(19)13-20(2)3;1-4(2,3)5;;;/h4-9,11-12H,1,10,13H2,2-3H3;5H,1-3H3;2*1H;/q2*-1;;;+2. The van der Waals surface area contributed by atoms with Crippen LogP contribution < -0.4 is 0 Å². The molecule has 0 unspecified atom stereocenters. The second-order valence-electron chi connectivity index (χ2n) is 7.91. The first-order chi connectivity index (χ1) is 11.7. The maximum atomic E-state index is 6.94. The summed E-state index contributed by atoms with van der Waals surface area (Å²) in [5, 5.41) is 2.52. The number of halogens is 2. The summed E-state index contributed by atoms with van der Waals surface area (Å²) in [5.41, 5.74) is 12.0. The van der Waals surface area contributed by atoms with Crippen molar-refractivity contribution in [1.29, 1.82) is 0 Å². The molecule has 1 aliphatic carbocycles. The summed E-state index contributed by atoms with van der Waals surface area (Å²) in [6, 6.07) is 12.9. The second kappa shape index (κ2) is 12.7. The van der Waals surface area contributed by atoms with Crippen LogP contribution in [0.4, 0.5) is 0 Å². The van der Waals surface area contributed by atoms with Crippen LogP contribution in [-0.4, -0.2) is 31.1 Å². The average molecular weight is 455 g/mol. The molecule has 1 N–H and O–H groups in total. The molecule has 0 atom stereocenters. The van der Waals surface area contributed by atoms with Gasteiger partial charge in [0.1, 0.15) is 0 Å². The zero-order valence-electron chi connectivity index (χ0n) is 17.5. The Morgan fingerprint density at radius 2 is 1.61 bits per heavy atom. The van der Waals surface area contributed by atoms with Crippen LogP contribution in [0.15, 0.2) is 54.1 Å². The molecule has 2 aromatic carbocycles. The summed E-state index contributed by atoms with van der Waals surface area (Å²) in [5.74, 6) is 0. The van der Waals surface area contributed by atoms with Gasteiger partial charge in [-0.1, -0.05) is 68.1 Å². The number of hydrogen-bond acceptors (Lipinski definition) is 1. The molecule has 0 saturated heterocycles. The molecule has 0 spiro atoms. The molecule has 152 valence electrons. The van der Waals surface area contributed by atoms with Gasteiger partial charge in [-0.15, -0.1) is 53.4 Å². The first kappa shape index (κ1) is 29.5. The number of benzene rings is 2. The van der Waals surface area contributed by atoms with Crippen molar-refractivity contribution in [2.45, 2.75) is 32.7 Å². The van der Waals surface area contributed by atoms with Gasteiger partial charge in [0.2, 0.25) is 0 Å². The Morgan fingerprint density at radius 1 is 1.04 bits per heavy atom. The van der Waals surface area contributed by atoms with Crippen LogP contribution in [0.1, 0.15) is 38.3 Å². The third-order valence-electron chi connectivity index (χ3n) is 3.88. The molecule has 0 aliphatic heterocycles. The number of allylic oxidation sites excluding steroid dienone is 2. The van der Waals surface area contributed by atoms with Gasteiger partial charge in [-0.3, -0.25) is 0 Å². The minimum atomic E-state index is -0.250. The zero-order valence-corrected chi connectivity index (χ0v) is 20.7. The molecule has 0 radical (unpaired) electrons. The van der Waals surface area contributed by atoms with Gasteiger partial charge in [0.15, 0.2) is 0 Å². The maximum absolute atomic E-state index is 6.94. The molecule has 0 heterocycles. The van der Waals surface area contributed by atoms with Crippen LogP contribution in [0.2, 0.25) is 0 Å². The minimum Gasteiger partial charge on any atom is -0.673 e. The average Bonchev–Trinajstić information content (AvgIpc) is 2.93. The molecule has 28 heavy (non-hydrogen) atoms. The fraction of sp³-hybridized carbons (Fsp3) is 0.348. The van der Waals surface area contributed by atoms with Gasteiger partial charge in [0, 0.05) is 6.54 Å². The van der Waals surface area contributed by atoms with E-state index in [9.17, 15) is 0 Å². The molecule has 0 bridgehead atoms. The van der Waals surface area contributed by atoms with E-state index in [1.165, 1.54) is 27.5 Å².